The lowest BCUT2D eigenvalue weighted by atomic mass is 10.6. The van der Waals surface area contributed by atoms with Crippen molar-refractivity contribution in [2.24, 2.45) is 7.05 Å². The molecule has 0 spiro atoms. The van der Waals surface area contributed by atoms with Crippen molar-refractivity contribution < 1.29 is 0 Å². The molecule has 6 heteroatoms. The van der Waals surface area contributed by atoms with Crippen molar-refractivity contribution in [3.8, 4) is 5.82 Å². The van der Waals surface area contributed by atoms with Crippen molar-refractivity contribution in [3.05, 3.63) is 36.5 Å². The second-order valence-corrected chi connectivity index (χ2v) is 6.44. The van der Waals surface area contributed by atoms with Crippen LogP contribution in [0.1, 0.15) is 0 Å². The first kappa shape index (κ1) is 12.0. The molecule has 0 radical (unpaired) electrons. The van der Waals surface area contributed by atoms with Crippen LogP contribution in [0.2, 0.25) is 0 Å². The van der Waals surface area contributed by atoms with E-state index in [4.69, 9.17) is 0 Å². The molecule has 0 unspecified atom stereocenters. The molecule has 2 aromatic heterocycles. The minimum Gasteiger partial charge on any atom is -0.335 e. The molecule has 2 heterocycles. The van der Waals surface area contributed by atoms with Crippen molar-refractivity contribution >= 4 is 63.7 Å². The average Bonchev–Trinajstić information content (AvgIpc) is 2.57. The average molecular weight is 462 g/mol. The summed E-state index contributed by atoms with van der Waals surface area (Å²) in [6.07, 6.45) is 6.04. The molecule has 0 atom stereocenters. The van der Waals surface area contributed by atoms with Crippen molar-refractivity contribution in [1.82, 2.24) is 9.13 Å². The van der Waals surface area contributed by atoms with Crippen LogP contribution in [-0.2, 0) is 7.05 Å². The molecule has 0 saturated carbocycles. The van der Waals surface area contributed by atoms with E-state index >= 15 is 0 Å². The number of hydrogen-bond donors (Lipinski definition) is 0. The SMILES string of the molecule is Cn1cc(Br)c(Br)c1-n1cc(Br)c(Br)c1. The van der Waals surface area contributed by atoms with Gasteiger partial charge in [-0.15, -0.1) is 0 Å². The third-order valence-corrected chi connectivity index (χ3v) is 5.74. The van der Waals surface area contributed by atoms with Gasteiger partial charge >= 0.3 is 0 Å². The van der Waals surface area contributed by atoms with Gasteiger partial charge in [0.15, 0.2) is 0 Å². The number of nitrogens with zero attached hydrogens (tertiary/aromatic N) is 2. The molecule has 0 aromatic carbocycles. The number of rotatable bonds is 1. The molecule has 2 nitrogen and oxygen atoms in total. The fraction of sp³-hybridized carbons (Fsp3) is 0.111. The van der Waals surface area contributed by atoms with Crippen LogP contribution in [0.5, 0.6) is 0 Å². The number of halogens is 4. The standard InChI is InChI=1S/C9H6Br4N2/c1-14-2-7(12)8(13)9(14)15-3-5(10)6(11)4-15/h2-4H,1H3. The first-order valence-corrected chi connectivity index (χ1v) is 7.21. The van der Waals surface area contributed by atoms with Crippen LogP contribution in [0.15, 0.2) is 36.5 Å². The number of hydrogen-bond acceptors (Lipinski definition) is 0. The summed E-state index contributed by atoms with van der Waals surface area (Å²) < 4.78 is 8.25. The van der Waals surface area contributed by atoms with E-state index in [2.05, 4.69) is 63.7 Å². The van der Waals surface area contributed by atoms with E-state index in [1.165, 1.54) is 0 Å². The zero-order valence-electron chi connectivity index (χ0n) is 7.64. The van der Waals surface area contributed by atoms with Crippen LogP contribution < -0.4 is 0 Å². The summed E-state index contributed by atoms with van der Waals surface area (Å²) in [5.41, 5.74) is 0. The third-order valence-electron chi connectivity index (χ3n) is 2.02. The maximum absolute atomic E-state index is 3.55. The van der Waals surface area contributed by atoms with Gasteiger partial charge in [-0.05, 0) is 63.7 Å². The maximum Gasteiger partial charge on any atom is 0.132 e. The molecule has 0 bridgehead atoms. The van der Waals surface area contributed by atoms with Crippen LogP contribution in [0.4, 0.5) is 0 Å². The molecule has 15 heavy (non-hydrogen) atoms. The zero-order valence-corrected chi connectivity index (χ0v) is 14.0. The quantitative estimate of drug-likeness (QED) is 0.574. The first-order chi connectivity index (χ1) is 7.00. The highest BCUT2D eigenvalue weighted by molar-refractivity contribution is 9.13. The molecule has 0 amide bonds. The number of aromatic nitrogens is 2. The van der Waals surface area contributed by atoms with Crippen LogP contribution in [0, 0.1) is 0 Å². The molecule has 0 aliphatic rings. The molecule has 0 aliphatic carbocycles. The van der Waals surface area contributed by atoms with Gasteiger partial charge in [0.2, 0.25) is 0 Å². The van der Waals surface area contributed by atoms with Crippen LogP contribution in [-0.4, -0.2) is 9.13 Å². The molecular weight excluding hydrogens is 456 g/mol. The molecule has 0 saturated heterocycles. The summed E-state index contributed by atoms with van der Waals surface area (Å²) in [5.74, 6) is 1.08. The summed E-state index contributed by atoms with van der Waals surface area (Å²) >= 11 is 14.0. The predicted molar refractivity (Wildman–Crippen MR) is 75.5 cm³/mol. The van der Waals surface area contributed by atoms with E-state index in [9.17, 15) is 0 Å². The highest BCUT2D eigenvalue weighted by atomic mass is 79.9. The molecule has 2 rings (SSSR count). The smallest absolute Gasteiger partial charge is 0.132 e. The Bertz CT molecular complexity index is 493. The lowest BCUT2D eigenvalue weighted by molar-refractivity contribution is 0.842. The summed E-state index contributed by atoms with van der Waals surface area (Å²) in [6.45, 7) is 0. The highest BCUT2D eigenvalue weighted by Gasteiger charge is 2.13. The normalized spacial score (nSPS) is 11.0. The minimum absolute atomic E-state index is 1.03. The van der Waals surface area contributed by atoms with E-state index in [1.807, 2.05) is 34.8 Å². The van der Waals surface area contributed by atoms with Crippen molar-refractivity contribution in [2.45, 2.75) is 0 Å². The second-order valence-electron chi connectivity index (χ2n) is 3.09. The van der Waals surface area contributed by atoms with Gasteiger partial charge < -0.3 is 9.13 Å². The monoisotopic (exact) mass is 458 g/mol. The van der Waals surface area contributed by atoms with E-state index in [0.717, 1.165) is 23.7 Å². The Morgan fingerprint density at radius 1 is 0.867 bits per heavy atom. The second kappa shape index (κ2) is 4.39. The van der Waals surface area contributed by atoms with Crippen LogP contribution >= 0.6 is 63.7 Å². The van der Waals surface area contributed by atoms with Gasteiger partial charge in [0, 0.05) is 34.6 Å². The molecule has 80 valence electrons. The van der Waals surface area contributed by atoms with Crippen molar-refractivity contribution in [1.29, 1.82) is 0 Å². The van der Waals surface area contributed by atoms with Crippen LogP contribution in [0.3, 0.4) is 0 Å². The summed E-state index contributed by atoms with van der Waals surface area (Å²) in [4.78, 5) is 0. The Morgan fingerprint density at radius 2 is 1.40 bits per heavy atom. The third kappa shape index (κ3) is 2.14. The van der Waals surface area contributed by atoms with Crippen LogP contribution in [0.25, 0.3) is 5.82 Å². The van der Waals surface area contributed by atoms with Gasteiger partial charge in [-0.1, -0.05) is 0 Å². The fourth-order valence-corrected chi connectivity index (χ4v) is 3.09. The van der Waals surface area contributed by atoms with E-state index in [-0.39, 0.29) is 0 Å². The van der Waals surface area contributed by atoms with Gasteiger partial charge in [-0.3, -0.25) is 0 Å². The summed E-state index contributed by atoms with van der Waals surface area (Å²) in [5, 5.41) is 0. The zero-order chi connectivity index (χ0) is 11.2. The number of aryl methyl sites for hydroxylation is 1. The fourth-order valence-electron chi connectivity index (χ4n) is 1.37. The van der Waals surface area contributed by atoms with Gasteiger partial charge in [-0.25, -0.2) is 0 Å². The Hall–Kier alpha value is 0.480. The van der Waals surface area contributed by atoms with E-state index in [0.29, 0.717) is 0 Å². The van der Waals surface area contributed by atoms with Gasteiger partial charge in [0.05, 0.1) is 8.95 Å². The topological polar surface area (TPSA) is 9.86 Å². The maximum atomic E-state index is 3.55. The Morgan fingerprint density at radius 3 is 1.80 bits per heavy atom. The van der Waals surface area contributed by atoms with E-state index in [1.54, 1.807) is 0 Å². The summed E-state index contributed by atoms with van der Waals surface area (Å²) in [7, 11) is 2.01. The Kier molecular flexibility index (Phi) is 3.50. The van der Waals surface area contributed by atoms with Gasteiger partial charge in [-0.2, -0.15) is 0 Å². The lowest BCUT2D eigenvalue weighted by Gasteiger charge is -2.04. The highest BCUT2D eigenvalue weighted by Crippen LogP contribution is 2.33. The first-order valence-electron chi connectivity index (χ1n) is 4.04. The molecule has 0 fully saturated rings. The molecular formula is C9H6Br4N2. The lowest BCUT2D eigenvalue weighted by Crippen LogP contribution is -1.98. The molecule has 0 aliphatic heterocycles. The Labute approximate surface area is 121 Å². The predicted octanol–water partition coefficient (Wildman–Crippen LogP) is 4.87. The van der Waals surface area contributed by atoms with Crippen molar-refractivity contribution in [3.63, 3.8) is 0 Å². The molecule has 2 aromatic rings. The minimum atomic E-state index is 1.03. The molecule has 0 N–H and O–H groups in total. The summed E-state index contributed by atoms with van der Waals surface area (Å²) in [6, 6.07) is 0. The van der Waals surface area contributed by atoms with Gasteiger partial charge in [0.25, 0.3) is 0 Å². The van der Waals surface area contributed by atoms with Crippen molar-refractivity contribution in [2.75, 3.05) is 0 Å². The van der Waals surface area contributed by atoms with E-state index < -0.39 is 0 Å². The van der Waals surface area contributed by atoms with Gasteiger partial charge in [0.1, 0.15) is 5.82 Å². The largest absolute Gasteiger partial charge is 0.335 e. The Balaban J connectivity index is 2.63.